The van der Waals surface area contributed by atoms with Gasteiger partial charge in [0, 0.05) is 38.0 Å². The second kappa shape index (κ2) is 7.14. The summed E-state index contributed by atoms with van der Waals surface area (Å²) in [5.41, 5.74) is 1.77. The van der Waals surface area contributed by atoms with Crippen molar-refractivity contribution in [2.75, 3.05) is 26.2 Å². The van der Waals surface area contributed by atoms with Crippen LogP contribution in [0.15, 0.2) is 23.0 Å². The average molecular weight is 333 g/mol. The summed E-state index contributed by atoms with van der Waals surface area (Å²) in [5.74, 6) is -0.0636. The molecular weight excluding hydrogens is 310 g/mol. The van der Waals surface area contributed by atoms with Crippen molar-refractivity contribution in [3.05, 3.63) is 35.5 Å². The molecule has 0 radical (unpaired) electrons. The highest BCUT2D eigenvalue weighted by molar-refractivity contribution is 5.91. The summed E-state index contributed by atoms with van der Waals surface area (Å²) in [5, 5.41) is 10.9. The van der Waals surface area contributed by atoms with E-state index in [1.807, 2.05) is 19.4 Å². The number of likely N-dealkylation sites (N-methyl/N-ethyl adjacent to an activating group) is 1. The Hall–Kier alpha value is -2.19. The zero-order valence-corrected chi connectivity index (χ0v) is 14.2. The van der Waals surface area contributed by atoms with Crippen LogP contribution in [-0.2, 0) is 11.8 Å². The molecular formula is C16H23N5O3. The second-order valence-electron chi connectivity index (χ2n) is 5.97. The van der Waals surface area contributed by atoms with Crippen molar-refractivity contribution in [3.8, 4) is 0 Å². The number of carbonyl (C=O) groups is 1. The van der Waals surface area contributed by atoms with Gasteiger partial charge in [-0.2, -0.15) is 5.10 Å². The Labute approximate surface area is 140 Å². The lowest BCUT2D eigenvalue weighted by Gasteiger charge is -2.40. The first-order valence-corrected chi connectivity index (χ1v) is 8.14. The quantitative estimate of drug-likeness (QED) is 0.875. The summed E-state index contributed by atoms with van der Waals surface area (Å²) < 4.78 is 12.7. The van der Waals surface area contributed by atoms with E-state index >= 15 is 0 Å². The van der Waals surface area contributed by atoms with Crippen LogP contribution in [0.25, 0.3) is 0 Å². The van der Waals surface area contributed by atoms with Crippen molar-refractivity contribution in [1.29, 1.82) is 0 Å². The molecule has 3 rings (SSSR count). The highest BCUT2D eigenvalue weighted by Crippen LogP contribution is 2.28. The molecule has 0 spiro atoms. The largest absolute Gasteiger partial charge is 0.373 e. The van der Waals surface area contributed by atoms with E-state index in [0.717, 1.165) is 18.7 Å². The minimum atomic E-state index is -0.280. The maximum absolute atomic E-state index is 12.2. The molecule has 8 nitrogen and oxygen atoms in total. The molecule has 1 aliphatic rings. The van der Waals surface area contributed by atoms with Crippen LogP contribution in [0.3, 0.4) is 0 Å². The molecule has 1 aliphatic heterocycles. The van der Waals surface area contributed by atoms with Gasteiger partial charge in [-0.25, -0.2) is 0 Å². The Morgan fingerprint density at radius 2 is 2.33 bits per heavy atom. The Morgan fingerprint density at radius 1 is 1.50 bits per heavy atom. The molecule has 3 heterocycles. The van der Waals surface area contributed by atoms with Crippen LogP contribution in [0.1, 0.15) is 34.8 Å². The number of morpholine rings is 1. The molecule has 2 aromatic heterocycles. The summed E-state index contributed by atoms with van der Waals surface area (Å²) in [6, 6.07) is 1.68. The average Bonchev–Trinajstić information content (AvgIpc) is 3.20. The van der Waals surface area contributed by atoms with Gasteiger partial charge in [-0.3, -0.25) is 14.4 Å². The Morgan fingerprint density at radius 3 is 2.96 bits per heavy atom. The fourth-order valence-electron chi connectivity index (χ4n) is 3.08. The lowest BCUT2D eigenvalue weighted by Crippen LogP contribution is -2.49. The molecule has 0 aliphatic carbocycles. The van der Waals surface area contributed by atoms with Crippen LogP contribution in [-0.4, -0.2) is 58.1 Å². The minimum absolute atomic E-state index is 0.0641. The fraction of sp³-hybridized carbons (Fsp3) is 0.562. The van der Waals surface area contributed by atoms with E-state index in [-0.39, 0.29) is 23.8 Å². The summed E-state index contributed by atoms with van der Waals surface area (Å²) in [6.07, 6.45) is 3.71. The van der Waals surface area contributed by atoms with Crippen LogP contribution >= 0.6 is 0 Å². The first kappa shape index (κ1) is 16.7. The zero-order chi connectivity index (χ0) is 17.1. The molecule has 130 valence electrons. The number of aromatic nitrogens is 3. The van der Waals surface area contributed by atoms with Gasteiger partial charge < -0.3 is 14.6 Å². The number of aryl methyl sites for hydroxylation is 2. The molecule has 8 heteroatoms. The summed E-state index contributed by atoms with van der Waals surface area (Å²) in [7, 11) is 1.90. The van der Waals surface area contributed by atoms with Gasteiger partial charge in [-0.15, -0.1) is 0 Å². The molecule has 0 unspecified atom stereocenters. The predicted octanol–water partition coefficient (Wildman–Crippen LogP) is 0.908. The van der Waals surface area contributed by atoms with Crippen molar-refractivity contribution >= 4 is 5.91 Å². The Kier molecular flexibility index (Phi) is 4.96. The van der Waals surface area contributed by atoms with E-state index in [1.54, 1.807) is 17.7 Å². The second-order valence-corrected chi connectivity index (χ2v) is 5.97. The van der Waals surface area contributed by atoms with Gasteiger partial charge in [-0.1, -0.05) is 12.1 Å². The zero-order valence-electron chi connectivity index (χ0n) is 14.2. The number of rotatable bonds is 5. The first-order chi connectivity index (χ1) is 11.6. The highest BCUT2D eigenvalue weighted by atomic mass is 16.5. The standard InChI is InChI=1S/C16H23N5O3/c1-4-21-5-6-23-14(15(21)12-8-18-20(3)10-12)9-17-16(22)13-7-11(2)19-24-13/h7-8,10,14-15H,4-6,9H2,1-3H3,(H,17,22)/t14-,15-/m0/s1. The number of nitrogens with one attached hydrogen (secondary N) is 1. The summed E-state index contributed by atoms with van der Waals surface area (Å²) in [4.78, 5) is 14.5. The smallest absolute Gasteiger partial charge is 0.289 e. The molecule has 1 fully saturated rings. The van der Waals surface area contributed by atoms with Crippen LogP contribution in [0.5, 0.6) is 0 Å². The number of amides is 1. The van der Waals surface area contributed by atoms with Gasteiger partial charge in [-0.05, 0) is 13.5 Å². The number of ether oxygens (including phenoxy) is 1. The predicted molar refractivity (Wildman–Crippen MR) is 86.5 cm³/mol. The third kappa shape index (κ3) is 3.49. The third-order valence-corrected chi connectivity index (χ3v) is 4.24. The Balaban J connectivity index is 1.70. The van der Waals surface area contributed by atoms with Crippen molar-refractivity contribution in [2.24, 2.45) is 7.05 Å². The van der Waals surface area contributed by atoms with Gasteiger partial charge in [0.15, 0.2) is 0 Å². The summed E-state index contributed by atoms with van der Waals surface area (Å²) in [6.45, 7) is 6.72. The van der Waals surface area contributed by atoms with E-state index < -0.39 is 0 Å². The normalized spacial score (nSPS) is 21.8. The lowest BCUT2D eigenvalue weighted by molar-refractivity contribution is -0.0685. The van der Waals surface area contributed by atoms with Crippen molar-refractivity contribution in [2.45, 2.75) is 26.0 Å². The minimum Gasteiger partial charge on any atom is -0.373 e. The number of nitrogens with zero attached hydrogens (tertiary/aromatic N) is 4. The monoisotopic (exact) mass is 333 g/mol. The molecule has 0 saturated carbocycles. The molecule has 1 amide bonds. The lowest BCUT2D eigenvalue weighted by atomic mass is 10.0. The number of hydrogen-bond donors (Lipinski definition) is 1. The van der Waals surface area contributed by atoms with E-state index in [0.29, 0.717) is 18.8 Å². The van der Waals surface area contributed by atoms with Crippen molar-refractivity contribution in [3.63, 3.8) is 0 Å². The molecule has 0 aromatic carbocycles. The number of hydrogen-bond acceptors (Lipinski definition) is 6. The third-order valence-electron chi connectivity index (χ3n) is 4.24. The van der Waals surface area contributed by atoms with Gasteiger partial charge in [0.25, 0.3) is 5.91 Å². The number of carbonyl (C=O) groups excluding carboxylic acids is 1. The van der Waals surface area contributed by atoms with E-state index in [4.69, 9.17) is 9.26 Å². The molecule has 24 heavy (non-hydrogen) atoms. The van der Waals surface area contributed by atoms with Crippen LogP contribution in [0.4, 0.5) is 0 Å². The molecule has 1 N–H and O–H groups in total. The van der Waals surface area contributed by atoms with Crippen LogP contribution in [0, 0.1) is 6.92 Å². The van der Waals surface area contributed by atoms with Crippen molar-refractivity contribution < 1.29 is 14.1 Å². The van der Waals surface area contributed by atoms with E-state index in [9.17, 15) is 4.79 Å². The SMILES string of the molecule is CCN1CCO[C@@H](CNC(=O)c2cc(C)no2)[C@@H]1c1cnn(C)c1. The highest BCUT2D eigenvalue weighted by Gasteiger charge is 2.34. The van der Waals surface area contributed by atoms with E-state index in [2.05, 4.69) is 27.4 Å². The Bertz CT molecular complexity index is 695. The van der Waals surface area contributed by atoms with Gasteiger partial charge in [0.2, 0.25) is 5.76 Å². The molecule has 2 atom stereocenters. The van der Waals surface area contributed by atoms with E-state index in [1.165, 1.54) is 0 Å². The molecule has 0 bridgehead atoms. The van der Waals surface area contributed by atoms with Crippen molar-refractivity contribution in [1.82, 2.24) is 25.2 Å². The van der Waals surface area contributed by atoms with Crippen LogP contribution < -0.4 is 5.32 Å². The maximum Gasteiger partial charge on any atom is 0.289 e. The topological polar surface area (TPSA) is 85.4 Å². The van der Waals surface area contributed by atoms with Gasteiger partial charge >= 0.3 is 0 Å². The maximum atomic E-state index is 12.2. The van der Waals surface area contributed by atoms with Gasteiger partial charge in [0.05, 0.1) is 30.6 Å². The fourth-order valence-corrected chi connectivity index (χ4v) is 3.08. The summed E-state index contributed by atoms with van der Waals surface area (Å²) >= 11 is 0. The first-order valence-electron chi connectivity index (χ1n) is 8.14. The molecule has 1 saturated heterocycles. The van der Waals surface area contributed by atoms with Gasteiger partial charge in [0.1, 0.15) is 0 Å². The van der Waals surface area contributed by atoms with Crippen LogP contribution in [0.2, 0.25) is 0 Å². The molecule has 2 aromatic rings.